The largest absolute Gasteiger partial charge is 0.365 e. The Morgan fingerprint density at radius 3 is 2.50 bits per heavy atom. The highest BCUT2D eigenvalue weighted by Crippen LogP contribution is 2.09. The Morgan fingerprint density at radius 1 is 1.28 bits per heavy atom. The van der Waals surface area contributed by atoms with Crippen LogP contribution in [0, 0.1) is 11.3 Å². The number of amides is 1. The maximum atomic E-state index is 10.8. The zero-order valence-corrected chi connectivity index (χ0v) is 10.3. The molecule has 0 aliphatic rings. The molecule has 2 N–H and O–H groups in total. The highest BCUT2D eigenvalue weighted by atomic mass is 35.5. The van der Waals surface area contributed by atoms with Gasteiger partial charge in [0, 0.05) is 5.03 Å². The topological polar surface area (TPSA) is 66.9 Å². The van der Waals surface area contributed by atoms with Crippen LogP contribution in [-0.4, -0.2) is 5.91 Å². The van der Waals surface area contributed by atoms with Gasteiger partial charge in [0.25, 0.3) is 5.91 Å². The smallest absolute Gasteiger partial charge is 0.259 e. The summed E-state index contributed by atoms with van der Waals surface area (Å²) in [5.41, 5.74) is 5.84. The lowest BCUT2D eigenvalue weighted by Gasteiger charge is -1.91. The minimum atomic E-state index is -0.773. The Labute approximate surface area is 110 Å². The number of carbonyl (C=O) groups is 1. The zero-order valence-electron chi connectivity index (χ0n) is 9.51. The van der Waals surface area contributed by atoms with Gasteiger partial charge >= 0.3 is 0 Å². The number of hydrogen-bond acceptors (Lipinski definition) is 2. The summed E-state index contributed by atoms with van der Waals surface area (Å²) in [5, 5.41) is 9.00. The molecule has 0 fully saturated rings. The van der Waals surface area contributed by atoms with E-state index in [1.807, 2.05) is 36.4 Å². The summed E-state index contributed by atoms with van der Waals surface area (Å²) in [6, 6.07) is 11.3. The molecule has 18 heavy (non-hydrogen) atoms. The Kier molecular flexibility index (Phi) is 5.43. The number of nitriles is 1. The van der Waals surface area contributed by atoms with E-state index in [0.29, 0.717) is 5.03 Å². The van der Waals surface area contributed by atoms with Crippen molar-refractivity contribution in [2.24, 2.45) is 5.73 Å². The third kappa shape index (κ3) is 4.69. The first-order valence-corrected chi connectivity index (χ1v) is 5.52. The lowest BCUT2D eigenvalue weighted by molar-refractivity contribution is -0.114. The second kappa shape index (κ2) is 7.10. The van der Waals surface area contributed by atoms with Crippen molar-refractivity contribution in [2.45, 2.75) is 0 Å². The van der Waals surface area contributed by atoms with Crippen LogP contribution >= 0.6 is 11.6 Å². The third-order valence-corrected chi connectivity index (χ3v) is 2.28. The molecule has 0 radical (unpaired) electrons. The molecule has 0 aliphatic carbocycles. The van der Waals surface area contributed by atoms with E-state index in [9.17, 15) is 4.79 Å². The molecule has 0 unspecified atom stereocenters. The van der Waals surface area contributed by atoms with Gasteiger partial charge in [0.15, 0.2) is 0 Å². The maximum Gasteiger partial charge on any atom is 0.259 e. The van der Waals surface area contributed by atoms with E-state index in [1.165, 1.54) is 12.2 Å². The van der Waals surface area contributed by atoms with Crippen LogP contribution in [0.3, 0.4) is 0 Å². The molecule has 1 rings (SSSR count). The van der Waals surface area contributed by atoms with Crippen LogP contribution in [0.15, 0.2) is 59.2 Å². The summed E-state index contributed by atoms with van der Waals surface area (Å²) >= 11 is 5.90. The number of hydrogen-bond donors (Lipinski definition) is 1. The van der Waals surface area contributed by atoms with Crippen LogP contribution in [0.5, 0.6) is 0 Å². The lowest BCUT2D eigenvalue weighted by atomic mass is 10.2. The number of nitrogens with zero attached hydrogens (tertiary/aromatic N) is 1. The van der Waals surface area contributed by atoms with Gasteiger partial charge in [0.05, 0.1) is 0 Å². The number of nitrogens with two attached hydrogens (primary N) is 1. The maximum absolute atomic E-state index is 10.8. The molecule has 1 aromatic rings. The Balaban J connectivity index is 2.78. The predicted molar refractivity (Wildman–Crippen MR) is 72.3 cm³/mol. The molecular weight excluding hydrogens is 248 g/mol. The van der Waals surface area contributed by atoms with Crippen LogP contribution < -0.4 is 5.73 Å². The van der Waals surface area contributed by atoms with Crippen molar-refractivity contribution >= 4 is 23.6 Å². The van der Waals surface area contributed by atoms with Crippen molar-refractivity contribution in [3.05, 3.63) is 64.7 Å². The standard InChI is InChI=1S/C14H11ClN2O/c15-13(9-7-12(10-16)14(17)18)8-6-11-4-2-1-3-5-11/h1-9H,(H2,17,18)/b8-6+,12-7+,13-9-. The van der Waals surface area contributed by atoms with E-state index in [2.05, 4.69) is 0 Å². The zero-order chi connectivity index (χ0) is 13.4. The quantitative estimate of drug-likeness (QED) is 0.513. The molecule has 4 heteroatoms. The molecule has 0 aliphatic heterocycles. The predicted octanol–water partition coefficient (Wildman–Crippen LogP) is 2.76. The summed E-state index contributed by atoms with van der Waals surface area (Å²) in [4.78, 5) is 10.8. The first-order valence-electron chi connectivity index (χ1n) is 5.14. The summed E-state index contributed by atoms with van der Waals surface area (Å²) in [5.74, 6) is -0.773. The summed E-state index contributed by atoms with van der Waals surface area (Å²) in [6.45, 7) is 0. The van der Waals surface area contributed by atoms with Crippen molar-refractivity contribution in [3.63, 3.8) is 0 Å². The summed E-state index contributed by atoms with van der Waals surface area (Å²) < 4.78 is 0. The Bertz CT molecular complexity index is 551. The minimum absolute atomic E-state index is 0.138. The number of primary amides is 1. The van der Waals surface area contributed by atoms with E-state index in [4.69, 9.17) is 22.6 Å². The fraction of sp³-hybridized carbons (Fsp3) is 0. The van der Waals surface area contributed by atoms with Gasteiger partial charge in [-0.25, -0.2) is 0 Å². The first-order chi connectivity index (χ1) is 8.63. The molecular formula is C14H11ClN2O. The minimum Gasteiger partial charge on any atom is -0.365 e. The molecule has 3 nitrogen and oxygen atoms in total. The van der Waals surface area contributed by atoms with Gasteiger partial charge in [0.2, 0.25) is 0 Å². The first kappa shape index (κ1) is 13.8. The molecule has 0 aromatic heterocycles. The number of carbonyl (C=O) groups excluding carboxylic acids is 1. The van der Waals surface area contributed by atoms with Gasteiger partial charge in [0.1, 0.15) is 11.6 Å². The molecule has 0 atom stereocenters. The highest BCUT2D eigenvalue weighted by Gasteiger charge is 2.00. The van der Waals surface area contributed by atoms with Crippen LogP contribution in [-0.2, 0) is 4.79 Å². The van der Waals surface area contributed by atoms with Crippen molar-refractivity contribution in [1.29, 1.82) is 5.26 Å². The number of halogens is 1. The Morgan fingerprint density at radius 2 is 1.94 bits per heavy atom. The second-order valence-electron chi connectivity index (χ2n) is 3.35. The molecule has 0 saturated heterocycles. The van der Waals surface area contributed by atoms with Crippen molar-refractivity contribution < 1.29 is 4.79 Å². The van der Waals surface area contributed by atoms with E-state index in [1.54, 1.807) is 12.1 Å². The van der Waals surface area contributed by atoms with Crippen molar-refractivity contribution in [1.82, 2.24) is 0 Å². The van der Waals surface area contributed by atoms with Crippen molar-refractivity contribution in [2.75, 3.05) is 0 Å². The lowest BCUT2D eigenvalue weighted by Crippen LogP contribution is -2.12. The van der Waals surface area contributed by atoms with Crippen LogP contribution in [0.4, 0.5) is 0 Å². The van der Waals surface area contributed by atoms with E-state index >= 15 is 0 Å². The van der Waals surface area contributed by atoms with Gasteiger partial charge in [-0.3, -0.25) is 4.79 Å². The van der Waals surface area contributed by atoms with Crippen LogP contribution in [0.25, 0.3) is 6.08 Å². The van der Waals surface area contributed by atoms with Gasteiger partial charge in [-0.05, 0) is 23.8 Å². The average molecular weight is 259 g/mol. The molecule has 0 spiro atoms. The van der Waals surface area contributed by atoms with Gasteiger partial charge in [-0.15, -0.1) is 0 Å². The average Bonchev–Trinajstić information content (AvgIpc) is 2.38. The van der Waals surface area contributed by atoms with E-state index in [0.717, 1.165) is 5.56 Å². The summed E-state index contributed by atoms with van der Waals surface area (Å²) in [6.07, 6.45) is 6.23. The van der Waals surface area contributed by atoms with Crippen molar-refractivity contribution in [3.8, 4) is 6.07 Å². The fourth-order valence-corrected chi connectivity index (χ4v) is 1.26. The number of rotatable bonds is 4. The molecule has 0 bridgehead atoms. The fourth-order valence-electron chi connectivity index (χ4n) is 1.13. The molecule has 1 amide bonds. The SMILES string of the molecule is N#C\C(=C/C=C(Cl)/C=C/c1ccccc1)C(N)=O. The molecule has 1 aromatic carbocycles. The summed E-state index contributed by atoms with van der Waals surface area (Å²) in [7, 11) is 0. The Hall–Kier alpha value is -2.31. The molecule has 0 heterocycles. The second-order valence-corrected chi connectivity index (χ2v) is 3.79. The highest BCUT2D eigenvalue weighted by molar-refractivity contribution is 6.31. The van der Waals surface area contributed by atoms with Gasteiger partial charge in [-0.1, -0.05) is 48.0 Å². The number of allylic oxidation sites excluding steroid dienone is 4. The molecule has 90 valence electrons. The van der Waals surface area contributed by atoms with Gasteiger partial charge < -0.3 is 5.73 Å². The van der Waals surface area contributed by atoms with E-state index < -0.39 is 5.91 Å². The van der Waals surface area contributed by atoms with Crippen LogP contribution in [0.1, 0.15) is 5.56 Å². The van der Waals surface area contributed by atoms with Crippen LogP contribution in [0.2, 0.25) is 0 Å². The normalized spacial score (nSPS) is 12.4. The number of benzene rings is 1. The monoisotopic (exact) mass is 258 g/mol. The van der Waals surface area contributed by atoms with E-state index in [-0.39, 0.29) is 5.57 Å². The third-order valence-electron chi connectivity index (χ3n) is 2.03. The van der Waals surface area contributed by atoms with Gasteiger partial charge in [-0.2, -0.15) is 5.26 Å². The molecule has 0 saturated carbocycles.